The highest BCUT2D eigenvalue weighted by atomic mass is 16.6. The number of anilines is 2. The Bertz CT molecular complexity index is 956. The van der Waals surface area contributed by atoms with E-state index in [2.05, 4.69) is 36.7 Å². The Labute approximate surface area is 163 Å². The van der Waals surface area contributed by atoms with E-state index in [0.29, 0.717) is 5.56 Å². The van der Waals surface area contributed by atoms with Gasteiger partial charge in [-0.1, -0.05) is 18.2 Å². The molecule has 0 unspecified atom stereocenters. The van der Waals surface area contributed by atoms with Crippen LogP contribution in [0.1, 0.15) is 20.7 Å². The van der Waals surface area contributed by atoms with Gasteiger partial charge in [-0.15, -0.1) is 0 Å². The lowest BCUT2D eigenvalue weighted by atomic mass is 10.2. The van der Waals surface area contributed by atoms with Gasteiger partial charge in [-0.25, -0.2) is 9.97 Å². The summed E-state index contributed by atoms with van der Waals surface area (Å²) in [6.45, 7) is 0. The minimum atomic E-state index is -0.752. The number of pyridine rings is 1. The van der Waals surface area contributed by atoms with Crippen molar-refractivity contribution in [3.8, 4) is 0 Å². The summed E-state index contributed by atoms with van der Waals surface area (Å²) >= 11 is 0. The molecule has 3 rings (SSSR count). The van der Waals surface area contributed by atoms with Crippen LogP contribution >= 0.6 is 0 Å². The van der Waals surface area contributed by atoms with Crippen molar-refractivity contribution < 1.29 is 14.5 Å². The van der Waals surface area contributed by atoms with E-state index in [4.69, 9.17) is 0 Å². The second kappa shape index (κ2) is 8.85. The van der Waals surface area contributed by atoms with Gasteiger partial charge in [0.15, 0.2) is 0 Å². The Kier molecular flexibility index (Phi) is 5.85. The van der Waals surface area contributed by atoms with Gasteiger partial charge in [0.1, 0.15) is 6.33 Å². The smallest absolute Gasteiger partial charge is 0.276 e. The number of carbonyl (C=O) groups excluding carboxylic acids is 2. The zero-order valence-electron chi connectivity index (χ0n) is 14.7. The van der Waals surface area contributed by atoms with Crippen molar-refractivity contribution in [3.63, 3.8) is 0 Å². The van der Waals surface area contributed by atoms with Crippen LogP contribution in [0.4, 0.5) is 17.3 Å². The number of carbonyl (C=O) groups is 2. The normalized spacial score (nSPS) is 9.93. The molecule has 12 nitrogen and oxygen atoms in total. The maximum atomic E-state index is 12.1. The molecule has 2 heterocycles. The number of amides is 2. The SMILES string of the molecule is O=C(NNc1ncnc(NNC(=O)c2ccncc2)c1[N+](=O)[O-])c1ccccc1. The molecule has 146 valence electrons. The molecule has 0 saturated heterocycles. The van der Waals surface area contributed by atoms with E-state index in [1.54, 1.807) is 30.3 Å². The largest absolute Gasteiger partial charge is 0.356 e. The third-order valence-electron chi connectivity index (χ3n) is 3.57. The Balaban J connectivity index is 1.73. The first kappa shape index (κ1) is 19.2. The molecule has 3 aromatic rings. The van der Waals surface area contributed by atoms with Gasteiger partial charge < -0.3 is 0 Å². The topological polar surface area (TPSA) is 164 Å². The predicted octanol–water partition coefficient (Wildman–Crippen LogP) is 1.29. The highest BCUT2D eigenvalue weighted by Gasteiger charge is 2.24. The van der Waals surface area contributed by atoms with Crippen LogP contribution in [-0.4, -0.2) is 31.7 Å². The molecule has 29 heavy (non-hydrogen) atoms. The number of hydrogen-bond acceptors (Lipinski definition) is 9. The second-order valence-electron chi connectivity index (χ2n) is 5.44. The molecule has 0 radical (unpaired) electrons. The molecule has 4 N–H and O–H groups in total. The summed E-state index contributed by atoms with van der Waals surface area (Å²) in [5.41, 5.74) is 9.47. The molecule has 1 aromatic carbocycles. The van der Waals surface area contributed by atoms with E-state index in [-0.39, 0.29) is 17.2 Å². The van der Waals surface area contributed by atoms with Crippen molar-refractivity contribution in [2.75, 3.05) is 10.9 Å². The lowest BCUT2D eigenvalue weighted by Gasteiger charge is -2.11. The first-order chi connectivity index (χ1) is 14.1. The summed E-state index contributed by atoms with van der Waals surface area (Å²) in [4.78, 5) is 46.2. The van der Waals surface area contributed by atoms with E-state index >= 15 is 0 Å². The van der Waals surface area contributed by atoms with Crippen LogP contribution in [0.15, 0.2) is 61.2 Å². The van der Waals surface area contributed by atoms with Gasteiger partial charge in [0.05, 0.1) is 4.92 Å². The van der Waals surface area contributed by atoms with Crippen LogP contribution < -0.4 is 21.7 Å². The summed E-state index contributed by atoms with van der Waals surface area (Å²) < 4.78 is 0. The number of nitro groups is 1. The molecule has 2 amide bonds. The number of hydrogen-bond donors (Lipinski definition) is 4. The molecule has 0 bridgehead atoms. The average molecular weight is 394 g/mol. The average Bonchev–Trinajstić information content (AvgIpc) is 2.76. The molecule has 0 aliphatic rings. The molecule has 0 aliphatic carbocycles. The molecule has 0 saturated carbocycles. The highest BCUT2D eigenvalue weighted by molar-refractivity contribution is 5.95. The molecule has 0 atom stereocenters. The third kappa shape index (κ3) is 4.77. The van der Waals surface area contributed by atoms with Crippen LogP contribution in [0.5, 0.6) is 0 Å². The van der Waals surface area contributed by atoms with Crippen molar-refractivity contribution in [1.29, 1.82) is 0 Å². The maximum absolute atomic E-state index is 12.1. The van der Waals surface area contributed by atoms with Crippen LogP contribution in [0.2, 0.25) is 0 Å². The van der Waals surface area contributed by atoms with Gasteiger partial charge >= 0.3 is 5.69 Å². The minimum Gasteiger partial charge on any atom is -0.276 e. The molecule has 0 fully saturated rings. The number of aromatic nitrogens is 3. The van der Waals surface area contributed by atoms with Crippen LogP contribution in [0.25, 0.3) is 0 Å². The lowest BCUT2D eigenvalue weighted by Crippen LogP contribution is -2.32. The third-order valence-corrected chi connectivity index (χ3v) is 3.57. The zero-order chi connectivity index (χ0) is 20.6. The Morgan fingerprint density at radius 1 is 0.828 bits per heavy atom. The molecule has 0 aliphatic heterocycles. The zero-order valence-corrected chi connectivity index (χ0v) is 14.7. The van der Waals surface area contributed by atoms with E-state index in [0.717, 1.165) is 6.33 Å². The second-order valence-corrected chi connectivity index (χ2v) is 5.44. The van der Waals surface area contributed by atoms with E-state index in [1.165, 1.54) is 24.5 Å². The molecule has 12 heteroatoms. The van der Waals surface area contributed by atoms with E-state index in [9.17, 15) is 19.7 Å². The Morgan fingerprint density at radius 2 is 1.34 bits per heavy atom. The molecule has 2 aromatic heterocycles. The van der Waals surface area contributed by atoms with Crippen LogP contribution in [0.3, 0.4) is 0 Å². The first-order valence-corrected chi connectivity index (χ1v) is 8.13. The van der Waals surface area contributed by atoms with Crippen LogP contribution in [0, 0.1) is 10.1 Å². The van der Waals surface area contributed by atoms with Gasteiger partial charge in [0, 0.05) is 23.5 Å². The van der Waals surface area contributed by atoms with Crippen molar-refractivity contribution in [3.05, 3.63) is 82.4 Å². The molecule has 0 spiro atoms. The van der Waals surface area contributed by atoms with Crippen molar-refractivity contribution in [1.82, 2.24) is 25.8 Å². The lowest BCUT2D eigenvalue weighted by molar-refractivity contribution is -0.383. The fourth-order valence-electron chi connectivity index (χ4n) is 2.20. The fraction of sp³-hybridized carbons (Fsp3) is 0. The number of rotatable bonds is 7. The van der Waals surface area contributed by atoms with E-state index < -0.39 is 22.4 Å². The van der Waals surface area contributed by atoms with Gasteiger partial charge in [-0.05, 0) is 24.3 Å². The van der Waals surface area contributed by atoms with Gasteiger partial charge in [0.2, 0.25) is 11.6 Å². The molecular weight excluding hydrogens is 380 g/mol. The minimum absolute atomic E-state index is 0.269. The monoisotopic (exact) mass is 394 g/mol. The number of nitrogens with one attached hydrogen (secondary N) is 4. The van der Waals surface area contributed by atoms with Crippen LogP contribution in [-0.2, 0) is 0 Å². The summed E-state index contributed by atoms with van der Waals surface area (Å²) in [6.07, 6.45) is 3.89. The quantitative estimate of drug-likeness (QED) is 0.341. The van der Waals surface area contributed by atoms with Crippen molar-refractivity contribution in [2.45, 2.75) is 0 Å². The van der Waals surface area contributed by atoms with Crippen molar-refractivity contribution >= 4 is 29.1 Å². The number of benzene rings is 1. The van der Waals surface area contributed by atoms with E-state index in [1.807, 2.05) is 0 Å². The molecular formula is C17H14N8O4. The maximum Gasteiger partial charge on any atom is 0.356 e. The van der Waals surface area contributed by atoms with Gasteiger partial charge in [0.25, 0.3) is 11.8 Å². The van der Waals surface area contributed by atoms with Gasteiger partial charge in [-0.2, -0.15) is 0 Å². The Hall–Kier alpha value is -4.61. The summed E-state index contributed by atoms with van der Waals surface area (Å²) in [6, 6.07) is 11.2. The number of hydrazine groups is 2. The highest BCUT2D eigenvalue weighted by Crippen LogP contribution is 2.27. The fourth-order valence-corrected chi connectivity index (χ4v) is 2.20. The van der Waals surface area contributed by atoms with Crippen molar-refractivity contribution in [2.24, 2.45) is 0 Å². The summed E-state index contributed by atoms with van der Waals surface area (Å²) in [5.74, 6) is -1.61. The summed E-state index contributed by atoms with van der Waals surface area (Å²) in [7, 11) is 0. The number of nitrogens with zero attached hydrogens (tertiary/aromatic N) is 4. The summed E-state index contributed by atoms with van der Waals surface area (Å²) in [5, 5.41) is 11.5. The standard InChI is InChI=1S/C17H14N8O4/c26-16(11-4-2-1-3-5-11)23-21-14-13(25(28)29)15(20-10-19-14)22-24-17(27)12-6-8-18-9-7-12/h1-10H,(H,23,26)(H,24,27)(H2,19,20,21,22). The first-order valence-electron chi connectivity index (χ1n) is 8.13. The van der Waals surface area contributed by atoms with Gasteiger partial charge in [-0.3, -0.25) is 46.4 Å². The Morgan fingerprint density at radius 3 is 1.86 bits per heavy atom. The predicted molar refractivity (Wildman–Crippen MR) is 102 cm³/mol.